The molecule has 1 aliphatic heterocycles. The standard InChI is InChI=1S/C30H30N4O4S/c1-5-37-22-12-10-21(11-13-22)33-29(36)27-20(4)32-30(23(16-31)28(27)25-7-6-14-38-25)39-17-26(35)34-24-15-18(2)8-9-19(24)3/h6-15,28,32H,5,17H2,1-4H3,(H,33,36)(H,34,35)/t28-/m1/s1. The molecule has 1 atom stereocenters. The minimum absolute atomic E-state index is 0.0762. The Labute approximate surface area is 232 Å². The van der Waals surface area contributed by atoms with E-state index in [0.29, 0.717) is 45.7 Å². The topological polar surface area (TPSA) is 116 Å². The normalized spacial score (nSPS) is 14.9. The Kier molecular flexibility index (Phi) is 8.79. The molecular weight excluding hydrogens is 512 g/mol. The van der Waals surface area contributed by atoms with Crippen LogP contribution in [0.4, 0.5) is 11.4 Å². The van der Waals surface area contributed by atoms with Crippen LogP contribution in [0.15, 0.2) is 87.1 Å². The maximum absolute atomic E-state index is 13.5. The predicted octanol–water partition coefficient (Wildman–Crippen LogP) is 6.00. The van der Waals surface area contributed by atoms with Crippen molar-refractivity contribution in [3.8, 4) is 11.8 Å². The van der Waals surface area contributed by atoms with Crippen LogP contribution in [0.25, 0.3) is 0 Å². The number of rotatable bonds is 9. The number of allylic oxidation sites excluding steroid dienone is 2. The van der Waals surface area contributed by atoms with Gasteiger partial charge in [-0.3, -0.25) is 9.59 Å². The highest BCUT2D eigenvalue weighted by molar-refractivity contribution is 8.03. The van der Waals surface area contributed by atoms with Gasteiger partial charge in [-0.15, -0.1) is 0 Å². The summed E-state index contributed by atoms with van der Waals surface area (Å²) in [6.07, 6.45) is 1.51. The summed E-state index contributed by atoms with van der Waals surface area (Å²) in [5.74, 6) is -0.0601. The van der Waals surface area contributed by atoms with Crippen molar-refractivity contribution in [2.24, 2.45) is 0 Å². The number of carbonyl (C=O) groups is 2. The van der Waals surface area contributed by atoms with Crippen LogP contribution >= 0.6 is 11.8 Å². The van der Waals surface area contributed by atoms with E-state index in [0.717, 1.165) is 16.8 Å². The summed E-state index contributed by atoms with van der Waals surface area (Å²) < 4.78 is 11.1. The molecule has 0 saturated heterocycles. The van der Waals surface area contributed by atoms with Gasteiger partial charge in [0.25, 0.3) is 5.91 Å². The van der Waals surface area contributed by atoms with Crippen molar-refractivity contribution in [3.63, 3.8) is 0 Å². The number of ether oxygens (including phenoxy) is 1. The Morgan fingerprint density at radius 2 is 1.87 bits per heavy atom. The van der Waals surface area contributed by atoms with E-state index in [4.69, 9.17) is 9.15 Å². The van der Waals surface area contributed by atoms with E-state index in [2.05, 4.69) is 22.0 Å². The molecule has 0 saturated carbocycles. The van der Waals surface area contributed by atoms with E-state index in [1.165, 1.54) is 18.0 Å². The summed E-state index contributed by atoms with van der Waals surface area (Å²) in [6.45, 7) is 8.12. The van der Waals surface area contributed by atoms with Gasteiger partial charge >= 0.3 is 0 Å². The third-order valence-electron chi connectivity index (χ3n) is 6.16. The van der Waals surface area contributed by atoms with Crippen LogP contribution in [-0.2, 0) is 9.59 Å². The second kappa shape index (κ2) is 12.4. The summed E-state index contributed by atoms with van der Waals surface area (Å²) in [7, 11) is 0. The maximum Gasteiger partial charge on any atom is 0.254 e. The van der Waals surface area contributed by atoms with E-state index in [-0.39, 0.29) is 17.6 Å². The van der Waals surface area contributed by atoms with Gasteiger partial charge in [-0.25, -0.2) is 0 Å². The van der Waals surface area contributed by atoms with Gasteiger partial charge in [0.15, 0.2) is 0 Å². The lowest BCUT2D eigenvalue weighted by molar-refractivity contribution is -0.114. The van der Waals surface area contributed by atoms with Gasteiger partial charge in [0.1, 0.15) is 11.5 Å². The molecule has 1 aliphatic rings. The molecule has 0 aliphatic carbocycles. The third-order valence-corrected chi connectivity index (χ3v) is 7.17. The number of dihydropyridines is 1. The summed E-state index contributed by atoms with van der Waals surface area (Å²) in [5.41, 5.74) is 4.58. The molecule has 0 radical (unpaired) electrons. The lowest BCUT2D eigenvalue weighted by Gasteiger charge is -2.28. The van der Waals surface area contributed by atoms with Crippen LogP contribution < -0.4 is 20.7 Å². The van der Waals surface area contributed by atoms with Crippen LogP contribution in [-0.4, -0.2) is 24.2 Å². The van der Waals surface area contributed by atoms with Crippen molar-refractivity contribution in [1.29, 1.82) is 5.26 Å². The van der Waals surface area contributed by atoms with Crippen LogP contribution in [0.5, 0.6) is 5.75 Å². The summed E-state index contributed by atoms with van der Waals surface area (Å²) in [5, 5.41) is 19.7. The molecule has 0 bridgehead atoms. The number of hydrogen-bond acceptors (Lipinski definition) is 7. The fourth-order valence-corrected chi connectivity index (χ4v) is 5.15. The second-order valence-electron chi connectivity index (χ2n) is 9.03. The first-order valence-corrected chi connectivity index (χ1v) is 13.5. The molecule has 9 heteroatoms. The first kappa shape index (κ1) is 27.6. The molecule has 2 heterocycles. The molecular formula is C30H30N4O4S. The number of thioether (sulfide) groups is 1. The molecule has 1 aromatic heterocycles. The van der Waals surface area contributed by atoms with Gasteiger partial charge in [-0.05, 0) is 81.3 Å². The molecule has 39 heavy (non-hydrogen) atoms. The molecule has 3 N–H and O–H groups in total. The van der Waals surface area contributed by atoms with Crippen molar-refractivity contribution < 1.29 is 18.7 Å². The maximum atomic E-state index is 13.5. The van der Waals surface area contributed by atoms with Crippen LogP contribution in [0.1, 0.15) is 36.7 Å². The number of amides is 2. The molecule has 0 fully saturated rings. The van der Waals surface area contributed by atoms with Gasteiger partial charge in [0, 0.05) is 17.1 Å². The minimum Gasteiger partial charge on any atom is -0.494 e. The predicted molar refractivity (Wildman–Crippen MR) is 153 cm³/mol. The van der Waals surface area contributed by atoms with Gasteiger partial charge in [-0.1, -0.05) is 23.9 Å². The Balaban J connectivity index is 1.56. The summed E-state index contributed by atoms with van der Waals surface area (Å²) in [4.78, 5) is 26.3. The highest BCUT2D eigenvalue weighted by Crippen LogP contribution is 2.41. The van der Waals surface area contributed by atoms with Crippen molar-refractivity contribution >= 4 is 35.0 Å². The second-order valence-corrected chi connectivity index (χ2v) is 10.0. The first-order chi connectivity index (χ1) is 18.8. The van der Waals surface area contributed by atoms with E-state index >= 15 is 0 Å². The zero-order chi connectivity index (χ0) is 27.9. The zero-order valence-electron chi connectivity index (χ0n) is 22.3. The fourth-order valence-electron chi connectivity index (χ4n) is 4.26. The number of nitrogens with zero attached hydrogens (tertiary/aromatic N) is 1. The van der Waals surface area contributed by atoms with Crippen molar-refractivity contribution in [3.05, 3.63) is 99.6 Å². The lowest BCUT2D eigenvalue weighted by atomic mass is 9.85. The molecule has 8 nitrogen and oxygen atoms in total. The molecule has 0 unspecified atom stereocenters. The Morgan fingerprint density at radius 1 is 1.10 bits per heavy atom. The average Bonchev–Trinajstić information content (AvgIpc) is 3.45. The molecule has 2 amide bonds. The number of hydrogen-bond donors (Lipinski definition) is 3. The Bertz CT molecular complexity index is 1470. The Hall–Kier alpha value is -4.42. The fraction of sp³-hybridized carbons (Fsp3) is 0.233. The molecule has 2 aromatic carbocycles. The SMILES string of the molecule is CCOc1ccc(NC(=O)C2=C(C)NC(SCC(=O)Nc3cc(C)ccc3C)=C(C#N)[C@@H]2c2ccco2)cc1. The van der Waals surface area contributed by atoms with E-state index in [1.54, 1.807) is 43.3 Å². The first-order valence-electron chi connectivity index (χ1n) is 12.5. The smallest absolute Gasteiger partial charge is 0.254 e. The molecule has 0 spiro atoms. The number of carbonyl (C=O) groups excluding carboxylic acids is 2. The number of furan rings is 1. The molecule has 3 aromatic rings. The zero-order valence-corrected chi connectivity index (χ0v) is 23.1. The number of aryl methyl sites for hydroxylation is 2. The van der Waals surface area contributed by atoms with E-state index < -0.39 is 5.92 Å². The minimum atomic E-state index is -0.737. The number of benzene rings is 2. The largest absolute Gasteiger partial charge is 0.494 e. The number of anilines is 2. The van der Waals surface area contributed by atoms with Crippen LogP contribution in [0, 0.1) is 25.2 Å². The highest BCUT2D eigenvalue weighted by Gasteiger charge is 2.36. The quantitative estimate of drug-likeness (QED) is 0.304. The van der Waals surface area contributed by atoms with E-state index in [1.807, 2.05) is 39.0 Å². The Morgan fingerprint density at radius 3 is 2.54 bits per heavy atom. The van der Waals surface area contributed by atoms with Crippen molar-refractivity contribution in [2.45, 2.75) is 33.6 Å². The van der Waals surface area contributed by atoms with Gasteiger partial charge in [0.05, 0.1) is 46.8 Å². The lowest BCUT2D eigenvalue weighted by Crippen LogP contribution is -2.31. The monoisotopic (exact) mass is 542 g/mol. The van der Waals surface area contributed by atoms with Gasteiger partial charge in [-0.2, -0.15) is 5.26 Å². The van der Waals surface area contributed by atoms with E-state index in [9.17, 15) is 14.9 Å². The van der Waals surface area contributed by atoms with Crippen molar-refractivity contribution in [2.75, 3.05) is 23.0 Å². The van der Waals surface area contributed by atoms with Crippen LogP contribution in [0.2, 0.25) is 0 Å². The molecule has 4 rings (SSSR count). The number of nitriles is 1. The van der Waals surface area contributed by atoms with Gasteiger partial charge in [0.2, 0.25) is 5.91 Å². The average molecular weight is 543 g/mol. The third kappa shape index (κ3) is 6.54. The number of nitrogens with one attached hydrogen (secondary N) is 3. The highest BCUT2D eigenvalue weighted by atomic mass is 32.2. The molecule has 200 valence electrons. The van der Waals surface area contributed by atoms with Gasteiger partial charge < -0.3 is 25.1 Å². The summed E-state index contributed by atoms with van der Waals surface area (Å²) >= 11 is 1.21. The van der Waals surface area contributed by atoms with Crippen LogP contribution in [0.3, 0.4) is 0 Å². The summed E-state index contributed by atoms with van der Waals surface area (Å²) in [6, 6.07) is 18.6. The van der Waals surface area contributed by atoms with Crippen molar-refractivity contribution in [1.82, 2.24) is 5.32 Å².